The van der Waals surface area contributed by atoms with Gasteiger partial charge in [0.15, 0.2) is 0 Å². The first-order chi connectivity index (χ1) is 4.75. The Kier molecular flexibility index (Phi) is 2.50. The second-order valence-electron chi connectivity index (χ2n) is 1.85. The second kappa shape index (κ2) is 3.21. The molecular weight excluding hydrogens is 168 g/mol. The number of carbonyl (C=O) groups is 1. The molecule has 0 aromatic carbocycles. The van der Waals surface area contributed by atoms with Crippen LogP contribution < -0.4 is 5.32 Å². The Morgan fingerprint density at radius 1 is 1.90 bits per heavy atom. The van der Waals surface area contributed by atoms with E-state index in [0.717, 1.165) is 0 Å². The molecule has 1 heterocycles. The number of thiocarbonyl (C=S) groups is 1. The summed E-state index contributed by atoms with van der Waals surface area (Å²) in [5, 5.41) is 2.67. The van der Waals surface area contributed by atoms with Crippen molar-refractivity contribution in [3.63, 3.8) is 0 Å². The number of thioether (sulfide) groups is 1. The van der Waals surface area contributed by atoms with Gasteiger partial charge >= 0.3 is 6.03 Å². The summed E-state index contributed by atoms with van der Waals surface area (Å²) >= 11 is 6.34. The third-order valence-electron chi connectivity index (χ3n) is 1.25. The van der Waals surface area contributed by atoms with Crippen LogP contribution in [0.15, 0.2) is 0 Å². The number of rotatable bonds is 0. The molecule has 0 unspecified atom stereocenters. The molecule has 5 heteroatoms. The summed E-state index contributed by atoms with van der Waals surface area (Å²) in [4.78, 5) is 12.5. The molecule has 0 radical (unpaired) electrons. The molecule has 1 aliphatic heterocycles. The zero-order valence-electron chi connectivity index (χ0n) is 5.59. The average Bonchev–Trinajstić information content (AvgIpc) is 2.34. The molecule has 0 aromatic heterocycles. The van der Waals surface area contributed by atoms with Gasteiger partial charge in [0.25, 0.3) is 0 Å². The normalized spacial score (nSPS) is 17.3. The molecule has 0 spiro atoms. The summed E-state index contributed by atoms with van der Waals surface area (Å²) in [5.41, 5.74) is 0. The smallest absolute Gasteiger partial charge is 0.323 e. The molecule has 0 saturated carbocycles. The van der Waals surface area contributed by atoms with Crippen LogP contribution in [0.3, 0.4) is 0 Å². The van der Waals surface area contributed by atoms with Crippen molar-refractivity contribution in [3.8, 4) is 0 Å². The molecule has 1 aliphatic rings. The summed E-state index contributed by atoms with van der Waals surface area (Å²) in [7, 11) is 0. The quantitative estimate of drug-likeness (QED) is 0.550. The first-order valence-electron chi connectivity index (χ1n) is 2.89. The highest BCUT2D eigenvalue weighted by Crippen LogP contribution is 2.07. The lowest BCUT2D eigenvalue weighted by molar-refractivity contribution is 0.235. The van der Waals surface area contributed by atoms with Gasteiger partial charge < -0.3 is 5.32 Å². The summed E-state index contributed by atoms with van der Waals surface area (Å²) in [5.74, 6) is 0. The largest absolute Gasteiger partial charge is 0.336 e. The van der Waals surface area contributed by atoms with Crippen LogP contribution in [-0.2, 0) is 0 Å². The lowest BCUT2D eigenvalue weighted by Gasteiger charge is -2.11. The standard InChI is InChI=1S/C5H8N2OS2/c1-10-5(9)7-3-2-6-4(7)8/h2-3H2,1H3,(H,6,8). The maximum atomic E-state index is 10.9. The number of nitrogens with one attached hydrogen (secondary N) is 1. The van der Waals surface area contributed by atoms with Gasteiger partial charge in [-0.1, -0.05) is 24.0 Å². The topological polar surface area (TPSA) is 32.3 Å². The highest BCUT2D eigenvalue weighted by atomic mass is 32.2. The molecule has 0 aromatic rings. The zero-order valence-corrected chi connectivity index (χ0v) is 7.22. The summed E-state index contributed by atoms with van der Waals surface area (Å²) < 4.78 is 0.648. The highest BCUT2D eigenvalue weighted by molar-refractivity contribution is 8.22. The third-order valence-corrected chi connectivity index (χ3v) is 2.54. The lowest BCUT2D eigenvalue weighted by Crippen LogP contribution is -2.30. The first kappa shape index (κ1) is 7.81. The van der Waals surface area contributed by atoms with Gasteiger partial charge in [0.1, 0.15) is 4.32 Å². The van der Waals surface area contributed by atoms with Gasteiger partial charge in [0.05, 0.1) is 0 Å². The number of amides is 2. The Labute approximate surface area is 69.1 Å². The zero-order chi connectivity index (χ0) is 7.56. The average molecular weight is 176 g/mol. The van der Waals surface area contributed by atoms with Crippen LogP contribution in [0.5, 0.6) is 0 Å². The van der Waals surface area contributed by atoms with E-state index >= 15 is 0 Å². The van der Waals surface area contributed by atoms with Crippen LogP contribution >= 0.6 is 24.0 Å². The fourth-order valence-electron chi connectivity index (χ4n) is 0.756. The third kappa shape index (κ3) is 1.41. The summed E-state index contributed by atoms with van der Waals surface area (Å²) in [6.07, 6.45) is 1.87. The van der Waals surface area contributed by atoms with Crippen LogP contribution in [0.1, 0.15) is 0 Å². The SMILES string of the molecule is CSC(=S)N1CCNC1=O. The van der Waals surface area contributed by atoms with E-state index in [1.165, 1.54) is 11.8 Å². The molecule has 0 bridgehead atoms. The first-order valence-corrected chi connectivity index (χ1v) is 4.52. The number of carbonyl (C=O) groups excluding carboxylic acids is 1. The van der Waals surface area contributed by atoms with Crippen molar-refractivity contribution in [2.45, 2.75) is 0 Å². The van der Waals surface area contributed by atoms with E-state index in [1.54, 1.807) is 4.90 Å². The van der Waals surface area contributed by atoms with E-state index < -0.39 is 0 Å². The number of urea groups is 1. The molecule has 1 N–H and O–H groups in total. The molecule has 1 fully saturated rings. The molecule has 2 amide bonds. The van der Waals surface area contributed by atoms with Gasteiger partial charge in [0, 0.05) is 13.1 Å². The number of hydrogen-bond acceptors (Lipinski definition) is 3. The van der Waals surface area contributed by atoms with Crippen molar-refractivity contribution in [2.75, 3.05) is 19.3 Å². The maximum absolute atomic E-state index is 10.9. The van der Waals surface area contributed by atoms with Gasteiger partial charge in [-0.15, -0.1) is 0 Å². The number of hydrogen-bond donors (Lipinski definition) is 1. The van der Waals surface area contributed by atoms with E-state index in [2.05, 4.69) is 5.32 Å². The second-order valence-corrected chi connectivity index (χ2v) is 3.29. The van der Waals surface area contributed by atoms with Crippen LogP contribution in [0.25, 0.3) is 0 Å². The molecule has 3 nitrogen and oxygen atoms in total. The van der Waals surface area contributed by atoms with Gasteiger partial charge in [-0.2, -0.15) is 0 Å². The molecule has 0 aliphatic carbocycles. The van der Waals surface area contributed by atoms with Gasteiger partial charge in [-0.3, -0.25) is 4.90 Å². The fourth-order valence-corrected chi connectivity index (χ4v) is 1.32. The van der Waals surface area contributed by atoms with Crippen LogP contribution in [0.2, 0.25) is 0 Å². The monoisotopic (exact) mass is 176 g/mol. The molecule has 0 atom stereocenters. The fraction of sp³-hybridized carbons (Fsp3) is 0.600. The van der Waals surface area contributed by atoms with Crippen LogP contribution in [0.4, 0.5) is 4.79 Å². The highest BCUT2D eigenvalue weighted by Gasteiger charge is 2.22. The minimum atomic E-state index is -0.0700. The van der Waals surface area contributed by atoms with Crippen LogP contribution in [0, 0.1) is 0 Å². The van der Waals surface area contributed by atoms with Crippen molar-refractivity contribution >= 4 is 34.3 Å². The predicted molar refractivity (Wildman–Crippen MR) is 46.2 cm³/mol. The summed E-state index contributed by atoms with van der Waals surface area (Å²) in [6, 6.07) is -0.0700. The Morgan fingerprint density at radius 3 is 3.00 bits per heavy atom. The minimum Gasteiger partial charge on any atom is -0.336 e. The van der Waals surface area contributed by atoms with Gasteiger partial charge in [-0.05, 0) is 6.26 Å². The lowest BCUT2D eigenvalue weighted by atomic mass is 10.7. The van der Waals surface area contributed by atoms with E-state index in [-0.39, 0.29) is 6.03 Å². The molecule has 10 heavy (non-hydrogen) atoms. The van der Waals surface area contributed by atoms with Crippen molar-refractivity contribution in [2.24, 2.45) is 0 Å². The Bertz CT molecular complexity index is 171. The van der Waals surface area contributed by atoms with Crippen molar-refractivity contribution in [1.82, 2.24) is 10.2 Å². The van der Waals surface area contributed by atoms with Crippen molar-refractivity contribution < 1.29 is 4.79 Å². The molecule has 1 saturated heterocycles. The predicted octanol–water partition coefficient (Wildman–Crippen LogP) is 0.659. The van der Waals surface area contributed by atoms with Crippen molar-refractivity contribution in [1.29, 1.82) is 0 Å². The maximum Gasteiger partial charge on any atom is 0.323 e. The molecular formula is C5H8N2OS2. The summed E-state index contributed by atoms with van der Waals surface area (Å²) in [6.45, 7) is 1.41. The van der Waals surface area contributed by atoms with E-state index in [0.29, 0.717) is 17.4 Å². The Morgan fingerprint density at radius 2 is 2.60 bits per heavy atom. The number of nitrogens with zero attached hydrogens (tertiary/aromatic N) is 1. The van der Waals surface area contributed by atoms with Gasteiger partial charge in [-0.25, -0.2) is 4.79 Å². The van der Waals surface area contributed by atoms with E-state index in [4.69, 9.17) is 12.2 Å². The van der Waals surface area contributed by atoms with E-state index in [9.17, 15) is 4.79 Å². The Hall–Kier alpha value is -0.290. The molecule has 1 rings (SSSR count). The van der Waals surface area contributed by atoms with Crippen LogP contribution in [-0.4, -0.2) is 34.6 Å². The minimum absolute atomic E-state index is 0.0700. The Balaban J connectivity index is 2.55. The van der Waals surface area contributed by atoms with Crippen molar-refractivity contribution in [3.05, 3.63) is 0 Å². The van der Waals surface area contributed by atoms with Gasteiger partial charge in [0.2, 0.25) is 0 Å². The van der Waals surface area contributed by atoms with E-state index in [1.807, 2.05) is 6.26 Å². The molecule has 56 valence electrons.